The normalized spacial score (nSPS) is 26.2. The number of aliphatic hydroxyl groups is 5. The van der Waals surface area contributed by atoms with Gasteiger partial charge in [0.1, 0.15) is 24.4 Å². The second kappa shape index (κ2) is 5.71. The fraction of sp³-hybridized carbons (Fsp3) is 1.00. The minimum absolute atomic E-state index is 0.299. The third-order valence-corrected chi connectivity index (χ3v) is 2.21. The topological polar surface area (TPSA) is 120 Å². The second-order valence-corrected chi connectivity index (χ2v) is 3.33. The van der Waals surface area contributed by atoms with Gasteiger partial charge in [0.15, 0.2) is 6.29 Å². The first-order valence-corrected chi connectivity index (χ1v) is 4.64. The van der Waals surface area contributed by atoms with Crippen LogP contribution in [0.25, 0.3) is 0 Å². The number of aliphatic hydroxyl groups excluding tert-OH is 5. The molecule has 1 heterocycles. The molecule has 90 valence electrons. The van der Waals surface area contributed by atoms with Gasteiger partial charge in [0, 0.05) is 0 Å². The lowest BCUT2D eigenvalue weighted by Gasteiger charge is -2.27. The molecule has 7 nitrogen and oxygen atoms in total. The maximum atomic E-state index is 9.48. The Balaban J connectivity index is 2.46. The predicted octanol–water partition coefficient (Wildman–Crippen LogP) is -3.20. The average molecular weight is 224 g/mol. The summed E-state index contributed by atoms with van der Waals surface area (Å²) in [4.78, 5) is 0. The second-order valence-electron chi connectivity index (χ2n) is 3.33. The Morgan fingerprint density at radius 2 is 1.53 bits per heavy atom. The van der Waals surface area contributed by atoms with E-state index in [0.717, 1.165) is 0 Å². The molecule has 1 rings (SSSR count). The minimum Gasteiger partial charge on any atom is -0.394 e. The molecule has 0 unspecified atom stereocenters. The Bertz CT molecular complexity index is 182. The first-order valence-electron chi connectivity index (χ1n) is 4.64. The van der Waals surface area contributed by atoms with Crippen molar-refractivity contribution >= 4 is 0 Å². The highest BCUT2D eigenvalue weighted by Gasteiger charge is 2.37. The van der Waals surface area contributed by atoms with Crippen LogP contribution in [0.15, 0.2) is 0 Å². The van der Waals surface area contributed by atoms with Crippen molar-refractivity contribution in [2.75, 3.05) is 19.8 Å². The summed E-state index contributed by atoms with van der Waals surface area (Å²) in [6.45, 7) is -0.114. The van der Waals surface area contributed by atoms with E-state index in [-0.39, 0.29) is 0 Å². The molecule has 0 amide bonds. The Kier molecular flexibility index (Phi) is 4.87. The maximum absolute atomic E-state index is 9.48. The molecule has 0 aromatic heterocycles. The van der Waals surface area contributed by atoms with Crippen LogP contribution >= 0.6 is 0 Å². The first kappa shape index (κ1) is 12.8. The number of hydrogen-bond donors (Lipinski definition) is 5. The molecule has 1 fully saturated rings. The third-order valence-electron chi connectivity index (χ3n) is 2.21. The molecule has 1 saturated heterocycles. The summed E-state index contributed by atoms with van der Waals surface area (Å²) in [5.41, 5.74) is 0. The van der Waals surface area contributed by atoms with E-state index in [1.807, 2.05) is 0 Å². The van der Waals surface area contributed by atoms with Gasteiger partial charge in [-0.2, -0.15) is 0 Å². The first-order chi connectivity index (χ1) is 7.07. The van der Waals surface area contributed by atoms with E-state index in [4.69, 9.17) is 19.7 Å². The lowest BCUT2D eigenvalue weighted by atomic mass is 10.0. The van der Waals surface area contributed by atoms with E-state index in [2.05, 4.69) is 0 Å². The lowest BCUT2D eigenvalue weighted by Crippen LogP contribution is -2.50. The van der Waals surface area contributed by atoms with Gasteiger partial charge in [0.25, 0.3) is 0 Å². The maximum Gasteiger partial charge on any atom is 0.186 e. The van der Waals surface area contributed by atoms with Crippen molar-refractivity contribution in [2.24, 2.45) is 0 Å². The molecule has 5 N–H and O–H groups in total. The summed E-state index contributed by atoms with van der Waals surface area (Å²) >= 11 is 0. The SMILES string of the molecule is OC[C@H](O)[C@@H](O)[C@@H](O)[C@@H](O)C1OCCO1. The van der Waals surface area contributed by atoms with Crippen LogP contribution in [0.2, 0.25) is 0 Å². The van der Waals surface area contributed by atoms with Crippen LogP contribution in [0.5, 0.6) is 0 Å². The summed E-state index contributed by atoms with van der Waals surface area (Å²) in [5, 5.41) is 45.8. The Morgan fingerprint density at radius 1 is 1.00 bits per heavy atom. The summed E-state index contributed by atoms with van der Waals surface area (Å²) in [5.74, 6) is 0. The molecule has 0 aliphatic carbocycles. The van der Waals surface area contributed by atoms with Gasteiger partial charge < -0.3 is 35.0 Å². The summed E-state index contributed by atoms with van der Waals surface area (Å²) in [7, 11) is 0. The number of rotatable bonds is 5. The van der Waals surface area contributed by atoms with E-state index in [0.29, 0.717) is 13.2 Å². The van der Waals surface area contributed by atoms with Gasteiger partial charge in [-0.3, -0.25) is 0 Å². The number of hydrogen-bond acceptors (Lipinski definition) is 7. The molecule has 15 heavy (non-hydrogen) atoms. The highest BCUT2D eigenvalue weighted by atomic mass is 16.7. The van der Waals surface area contributed by atoms with Crippen LogP contribution in [0, 0.1) is 0 Å². The van der Waals surface area contributed by atoms with Crippen LogP contribution < -0.4 is 0 Å². The van der Waals surface area contributed by atoms with Gasteiger partial charge in [0.05, 0.1) is 19.8 Å². The number of ether oxygens (including phenoxy) is 2. The molecule has 1 aliphatic rings. The van der Waals surface area contributed by atoms with Crippen molar-refractivity contribution in [3.63, 3.8) is 0 Å². The van der Waals surface area contributed by atoms with Gasteiger partial charge >= 0.3 is 0 Å². The van der Waals surface area contributed by atoms with E-state index < -0.39 is 37.3 Å². The molecule has 0 bridgehead atoms. The standard InChI is InChI=1S/C8H16O7/c9-3-4(10)5(11)6(12)7(13)8-14-1-2-15-8/h4-13H,1-3H2/t4-,5+,6+,7+/m0/s1. The largest absolute Gasteiger partial charge is 0.394 e. The summed E-state index contributed by atoms with van der Waals surface area (Å²) in [6.07, 6.45) is -7.30. The molecule has 7 heteroatoms. The molecular formula is C8H16O7. The van der Waals surface area contributed by atoms with Crippen molar-refractivity contribution in [3.8, 4) is 0 Å². The molecular weight excluding hydrogens is 208 g/mol. The predicted molar refractivity (Wildman–Crippen MR) is 46.8 cm³/mol. The van der Waals surface area contributed by atoms with Crippen molar-refractivity contribution in [1.82, 2.24) is 0 Å². The van der Waals surface area contributed by atoms with Gasteiger partial charge in [-0.05, 0) is 0 Å². The lowest BCUT2D eigenvalue weighted by molar-refractivity contribution is -0.188. The van der Waals surface area contributed by atoms with E-state index in [9.17, 15) is 15.3 Å². The molecule has 0 aromatic carbocycles. The average Bonchev–Trinajstić information content (AvgIpc) is 2.78. The zero-order valence-corrected chi connectivity index (χ0v) is 8.06. The van der Waals surface area contributed by atoms with Crippen LogP contribution in [-0.2, 0) is 9.47 Å². The summed E-state index contributed by atoms with van der Waals surface area (Å²) in [6, 6.07) is 0. The Labute approximate surface area is 86.5 Å². The van der Waals surface area contributed by atoms with Crippen molar-refractivity contribution < 1.29 is 35.0 Å². The van der Waals surface area contributed by atoms with Crippen LogP contribution in [0.3, 0.4) is 0 Å². The van der Waals surface area contributed by atoms with Crippen LogP contribution in [0.1, 0.15) is 0 Å². The zero-order valence-electron chi connectivity index (χ0n) is 8.06. The molecule has 0 aromatic rings. The fourth-order valence-corrected chi connectivity index (χ4v) is 1.27. The van der Waals surface area contributed by atoms with E-state index >= 15 is 0 Å². The third kappa shape index (κ3) is 3.08. The highest BCUT2D eigenvalue weighted by Crippen LogP contribution is 2.15. The van der Waals surface area contributed by atoms with Gasteiger partial charge in [-0.25, -0.2) is 0 Å². The fourth-order valence-electron chi connectivity index (χ4n) is 1.27. The molecule has 0 radical (unpaired) electrons. The zero-order chi connectivity index (χ0) is 11.4. The quantitative estimate of drug-likeness (QED) is 0.333. The van der Waals surface area contributed by atoms with Crippen LogP contribution in [0.4, 0.5) is 0 Å². The van der Waals surface area contributed by atoms with E-state index in [1.54, 1.807) is 0 Å². The van der Waals surface area contributed by atoms with Crippen molar-refractivity contribution in [2.45, 2.75) is 30.7 Å². The van der Waals surface area contributed by atoms with Gasteiger partial charge in [-0.1, -0.05) is 0 Å². The summed E-state index contributed by atoms with van der Waals surface area (Å²) < 4.78 is 9.82. The molecule has 4 atom stereocenters. The smallest absolute Gasteiger partial charge is 0.186 e. The molecule has 1 aliphatic heterocycles. The molecule has 0 spiro atoms. The van der Waals surface area contributed by atoms with Gasteiger partial charge in [0.2, 0.25) is 0 Å². The van der Waals surface area contributed by atoms with Crippen LogP contribution in [-0.4, -0.2) is 76.1 Å². The minimum atomic E-state index is -1.65. The van der Waals surface area contributed by atoms with Crippen molar-refractivity contribution in [3.05, 3.63) is 0 Å². The highest BCUT2D eigenvalue weighted by molar-refractivity contribution is 4.83. The Morgan fingerprint density at radius 3 is 2.00 bits per heavy atom. The van der Waals surface area contributed by atoms with Gasteiger partial charge in [-0.15, -0.1) is 0 Å². The monoisotopic (exact) mass is 224 g/mol. The van der Waals surface area contributed by atoms with E-state index in [1.165, 1.54) is 0 Å². The Hall–Kier alpha value is -0.280. The molecule has 0 saturated carbocycles. The van der Waals surface area contributed by atoms with Crippen molar-refractivity contribution in [1.29, 1.82) is 0 Å².